The van der Waals surface area contributed by atoms with Crippen LogP contribution in [0, 0.1) is 6.92 Å². The summed E-state index contributed by atoms with van der Waals surface area (Å²) in [5.41, 5.74) is 0.432. The van der Waals surface area contributed by atoms with E-state index in [1.54, 1.807) is 6.20 Å². The van der Waals surface area contributed by atoms with E-state index in [0.717, 1.165) is 16.0 Å². The third-order valence-corrected chi connectivity index (χ3v) is 1.65. The Morgan fingerprint density at radius 2 is 2.50 bits per heavy atom. The molecule has 0 saturated carbocycles. The van der Waals surface area contributed by atoms with E-state index in [9.17, 15) is 5.11 Å². The zero-order valence-corrected chi connectivity index (χ0v) is 6.56. The molecule has 0 fully saturated rings. The van der Waals surface area contributed by atoms with Crippen LogP contribution in [0.3, 0.4) is 0 Å². The van der Waals surface area contributed by atoms with Crippen molar-refractivity contribution < 1.29 is 9.52 Å². The lowest BCUT2D eigenvalue weighted by Gasteiger charge is -2.17. The molecule has 0 radical (unpaired) electrons. The first kappa shape index (κ1) is 7.33. The Morgan fingerprint density at radius 1 is 1.75 bits per heavy atom. The van der Waals surface area contributed by atoms with Gasteiger partial charge >= 0.3 is 0 Å². The molecule has 3 N–H and O–H groups in total. The summed E-state index contributed by atoms with van der Waals surface area (Å²) in [6.07, 6.45) is 0.548. The van der Waals surface area contributed by atoms with Crippen molar-refractivity contribution in [3.05, 3.63) is 22.6 Å². The zero-order chi connectivity index (χ0) is 8.72. The maximum Gasteiger partial charge on any atom is 0.241 e. The number of nitrogens with zero attached hydrogens (tertiary/aromatic N) is 2. The van der Waals surface area contributed by atoms with Crippen LogP contribution in [-0.2, 0) is 0 Å². The van der Waals surface area contributed by atoms with Crippen LogP contribution in [0.2, 0.25) is 0 Å². The minimum Gasteiger partial charge on any atom is -0.443 e. The first-order valence-electron chi connectivity index (χ1n) is 3.54. The Morgan fingerprint density at radius 3 is 3.25 bits per heavy atom. The number of rotatable bonds is 0. The summed E-state index contributed by atoms with van der Waals surface area (Å²) in [7, 11) is 0. The van der Waals surface area contributed by atoms with Crippen LogP contribution in [-0.4, -0.2) is 16.5 Å². The standard InChI is InChI=1S/C7H9N3O2/c1-4-2-5-3-10(8)7(11)9-6(5)12-4/h2-3,7,11H,8H2,1H3. The fourth-order valence-corrected chi connectivity index (χ4v) is 1.11. The molecule has 5 heteroatoms. The molecule has 2 heterocycles. The Labute approximate surface area is 68.4 Å². The van der Waals surface area contributed by atoms with Crippen molar-refractivity contribution in [1.82, 2.24) is 5.01 Å². The first-order valence-corrected chi connectivity index (χ1v) is 3.54. The predicted octanol–water partition coefficient (Wildman–Crippen LogP) is -1.59. The van der Waals surface area contributed by atoms with Gasteiger partial charge in [-0.3, -0.25) is 5.01 Å². The molecule has 1 unspecified atom stereocenters. The van der Waals surface area contributed by atoms with Crippen LogP contribution in [0.4, 0.5) is 0 Å². The van der Waals surface area contributed by atoms with Crippen molar-refractivity contribution >= 4 is 6.20 Å². The molecule has 1 aliphatic rings. The Bertz CT molecular complexity index is 371. The summed E-state index contributed by atoms with van der Waals surface area (Å²) < 4.78 is 5.18. The van der Waals surface area contributed by atoms with E-state index in [1.807, 2.05) is 13.0 Å². The van der Waals surface area contributed by atoms with Gasteiger partial charge in [-0.15, -0.1) is 0 Å². The minimum atomic E-state index is -1.04. The molecular weight excluding hydrogens is 158 g/mol. The van der Waals surface area contributed by atoms with Crippen LogP contribution >= 0.6 is 0 Å². The van der Waals surface area contributed by atoms with Crippen LogP contribution in [0.25, 0.3) is 6.20 Å². The van der Waals surface area contributed by atoms with E-state index in [0.29, 0.717) is 5.55 Å². The second-order valence-corrected chi connectivity index (χ2v) is 2.67. The SMILES string of the molecule is Cc1cc2c(o1)=NC(O)N(N)C=2. The van der Waals surface area contributed by atoms with Crippen molar-refractivity contribution in [3.8, 4) is 0 Å². The van der Waals surface area contributed by atoms with Gasteiger partial charge in [-0.1, -0.05) is 0 Å². The number of aliphatic hydroxyl groups excluding tert-OH is 1. The number of aryl methyl sites for hydroxylation is 1. The van der Waals surface area contributed by atoms with Gasteiger partial charge in [0, 0.05) is 6.20 Å². The molecule has 1 aliphatic heterocycles. The number of hydrazine groups is 1. The maximum absolute atomic E-state index is 9.18. The van der Waals surface area contributed by atoms with Crippen LogP contribution in [0.5, 0.6) is 0 Å². The fraction of sp³-hybridized carbons (Fsp3) is 0.286. The van der Waals surface area contributed by atoms with Crippen LogP contribution in [0.15, 0.2) is 15.5 Å². The molecule has 12 heavy (non-hydrogen) atoms. The number of furan rings is 1. The van der Waals surface area contributed by atoms with E-state index in [1.165, 1.54) is 0 Å². The molecule has 5 nitrogen and oxygen atoms in total. The first-order chi connectivity index (χ1) is 5.66. The highest BCUT2D eigenvalue weighted by Gasteiger charge is 2.11. The average molecular weight is 167 g/mol. The summed E-state index contributed by atoms with van der Waals surface area (Å²) in [5, 5.41) is 11.1. The number of fused-ring (bicyclic) bond motifs is 1. The van der Waals surface area contributed by atoms with Crippen molar-refractivity contribution in [2.24, 2.45) is 10.8 Å². The number of aliphatic hydroxyl groups is 1. The summed E-state index contributed by atoms with van der Waals surface area (Å²) >= 11 is 0. The van der Waals surface area contributed by atoms with Crippen LogP contribution in [0.1, 0.15) is 5.76 Å². The molecule has 0 bridgehead atoms. The number of nitrogens with two attached hydrogens (primary N) is 1. The number of hydrogen-bond acceptors (Lipinski definition) is 5. The normalized spacial score (nSPS) is 21.2. The molecule has 0 aromatic carbocycles. The molecular formula is C7H9N3O2. The highest BCUT2D eigenvalue weighted by molar-refractivity contribution is 5.21. The largest absolute Gasteiger partial charge is 0.443 e. The topological polar surface area (TPSA) is 75.0 Å². The third-order valence-electron chi connectivity index (χ3n) is 1.65. The van der Waals surface area contributed by atoms with Gasteiger partial charge in [0.25, 0.3) is 0 Å². The van der Waals surface area contributed by atoms with Crippen LogP contribution < -0.4 is 16.6 Å². The van der Waals surface area contributed by atoms with Gasteiger partial charge in [0.05, 0.1) is 5.22 Å². The highest BCUT2D eigenvalue weighted by Crippen LogP contribution is 1.95. The summed E-state index contributed by atoms with van der Waals surface area (Å²) in [4.78, 5) is 3.81. The quantitative estimate of drug-likeness (QED) is 0.457. The molecule has 1 aromatic heterocycles. The van der Waals surface area contributed by atoms with Crippen molar-refractivity contribution in [2.75, 3.05) is 0 Å². The Balaban J connectivity index is 2.69. The van der Waals surface area contributed by atoms with Crippen molar-refractivity contribution in [2.45, 2.75) is 13.3 Å². The van der Waals surface area contributed by atoms with Gasteiger partial charge in [0.1, 0.15) is 5.76 Å². The Kier molecular flexibility index (Phi) is 1.42. The molecule has 2 rings (SSSR count). The van der Waals surface area contributed by atoms with E-state index in [4.69, 9.17) is 10.3 Å². The minimum absolute atomic E-state index is 0.432. The van der Waals surface area contributed by atoms with E-state index in [2.05, 4.69) is 4.99 Å². The van der Waals surface area contributed by atoms with Gasteiger partial charge in [-0.05, 0) is 13.0 Å². The molecule has 1 atom stereocenters. The highest BCUT2D eigenvalue weighted by atomic mass is 16.4. The maximum atomic E-state index is 9.18. The number of hydrogen-bond donors (Lipinski definition) is 2. The summed E-state index contributed by atoms with van der Waals surface area (Å²) in [6, 6.07) is 1.81. The molecule has 1 aromatic rings. The van der Waals surface area contributed by atoms with Gasteiger partial charge in [0.15, 0.2) is 0 Å². The lowest BCUT2D eigenvalue weighted by molar-refractivity contribution is 0.0484. The summed E-state index contributed by atoms with van der Waals surface area (Å²) in [5.74, 6) is 6.15. The smallest absolute Gasteiger partial charge is 0.241 e. The monoisotopic (exact) mass is 167 g/mol. The third kappa shape index (κ3) is 0.992. The van der Waals surface area contributed by atoms with Gasteiger partial charge in [-0.2, -0.15) is 4.99 Å². The molecule has 0 amide bonds. The van der Waals surface area contributed by atoms with Gasteiger partial charge in [-0.25, -0.2) is 5.84 Å². The molecule has 0 saturated heterocycles. The lowest BCUT2D eigenvalue weighted by atomic mass is 10.4. The lowest BCUT2D eigenvalue weighted by Crippen LogP contribution is -2.43. The van der Waals surface area contributed by atoms with Crippen molar-refractivity contribution in [1.29, 1.82) is 0 Å². The second kappa shape index (κ2) is 2.33. The second-order valence-electron chi connectivity index (χ2n) is 2.67. The molecule has 64 valence electrons. The zero-order valence-electron chi connectivity index (χ0n) is 6.56. The predicted molar refractivity (Wildman–Crippen MR) is 40.7 cm³/mol. The summed E-state index contributed by atoms with van der Waals surface area (Å²) in [6.45, 7) is 1.81. The molecule has 0 aliphatic carbocycles. The molecule has 0 spiro atoms. The van der Waals surface area contributed by atoms with Gasteiger partial charge < -0.3 is 9.52 Å². The van der Waals surface area contributed by atoms with E-state index >= 15 is 0 Å². The van der Waals surface area contributed by atoms with Gasteiger partial charge in [0.2, 0.25) is 11.9 Å². The van der Waals surface area contributed by atoms with Crippen molar-refractivity contribution in [3.63, 3.8) is 0 Å². The Hall–Kier alpha value is -1.33. The average Bonchev–Trinajstić information content (AvgIpc) is 2.30. The fourth-order valence-electron chi connectivity index (χ4n) is 1.11. The van der Waals surface area contributed by atoms with E-state index in [-0.39, 0.29) is 0 Å². The van der Waals surface area contributed by atoms with E-state index < -0.39 is 6.35 Å².